The molecule has 6 nitrogen and oxygen atoms in total. The fraction of sp³-hybridized carbons (Fsp3) is 0.0133. The predicted octanol–water partition coefficient (Wildman–Crippen LogP) is 19.8. The number of hydrogen-bond acceptors (Lipinski definition) is 6. The summed E-state index contributed by atoms with van der Waals surface area (Å²) in [5.74, 6) is 1.22. The first-order valence-corrected chi connectivity index (χ1v) is 26.9. The summed E-state index contributed by atoms with van der Waals surface area (Å²) >= 11 is 0. The van der Waals surface area contributed by atoms with E-state index in [1.54, 1.807) is 0 Å². The molecule has 0 aromatic heterocycles. The van der Waals surface area contributed by atoms with Crippen LogP contribution < -0.4 is 19.3 Å². The number of hydrogen-bond donors (Lipinski definition) is 0. The number of rotatable bonds is 12. The lowest BCUT2D eigenvalue weighted by atomic mass is 9.87. The molecule has 1 aliphatic heterocycles. The van der Waals surface area contributed by atoms with Gasteiger partial charge in [-0.1, -0.05) is 194 Å². The molecule has 6 heteroatoms. The smallest absolute Gasteiger partial charge is 0.231 e. The Labute approximate surface area is 471 Å². The Kier molecular flexibility index (Phi) is 13.4. The lowest BCUT2D eigenvalue weighted by Crippen LogP contribution is -2.09. The molecule has 0 atom stereocenters. The van der Waals surface area contributed by atoms with Gasteiger partial charge in [0.1, 0.15) is 11.5 Å². The second-order valence-corrected chi connectivity index (χ2v) is 19.8. The third-order valence-corrected chi connectivity index (χ3v) is 14.9. The predicted molar refractivity (Wildman–Crippen MR) is 333 cm³/mol. The second kappa shape index (κ2) is 22.0. The van der Waals surface area contributed by atoms with Crippen molar-refractivity contribution in [3.05, 3.63) is 301 Å². The van der Waals surface area contributed by atoms with Gasteiger partial charge in [-0.3, -0.25) is 0 Å². The van der Waals surface area contributed by atoms with E-state index in [-0.39, 0.29) is 6.79 Å². The van der Waals surface area contributed by atoms with Gasteiger partial charge in [0.25, 0.3) is 0 Å². The maximum Gasteiger partial charge on any atom is 0.231 e. The number of nitriles is 2. The molecule has 0 aliphatic carbocycles. The maximum atomic E-state index is 10.9. The second-order valence-electron chi connectivity index (χ2n) is 19.8. The van der Waals surface area contributed by atoms with Gasteiger partial charge in [-0.05, 0) is 152 Å². The highest BCUT2D eigenvalue weighted by Gasteiger charge is 2.27. The van der Waals surface area contributed by atoms with Crippen molar-refractivity contribution < 1.29 is 9.47 Å². The Morgan fingerprint density at radius 1 is 0.333 bits per heavy atom. The minimum atomic E-state index is -0.0912. The summed E-state index contributed by atoms with van der Waals surface area (Å²) in [6, 6.07) is 101. The fourth-order valence-electron chi connectivity index (χ4n) is 11.0. The number of anilines is 6. The molecule has 0 radical (unpaired) electrons. The quantitative estimate of drug-likeness (QED) is 0.0897. The highest BCUT2D eigenvalue weighted by atomic mass is 16.7. The van der Waals surface area contributed by atoms with E-state index in [0.29, 0.717) is 22.6 Å². The van der Waals surface area contributed by atoms with E-state index < -0.39 is 0 Å². The highest BCUT2D eigenvalue weighted by Crippen LogP contribution is 2.51. The molecule has 0 saturated carbocycles. The van der Waals surface area contributed by atoms with E-state index >= 15 is 0 Å². The zero-order valence-electron chi connectivity index (χ0n) is 44.0. The average molecular weight is 1040 g/mol. The zero-order chi connectivity index (χ0) is 54.5. The summed E-state index contributed by atoms with van der Waals surface area (Å²) in [7, 11) is 0. The van der Waals surface area contributed by atoms with Crippen LogP contribution in [0.4, 0.5) is 34.1 Å². The molecular weight excluding hydrogens is 989 g/mol. The van der Waals surface area contributed by atoms with Crippen LogP contribution in [0.2, 0.25) is 0 Å². The standard InChI is InChI=1S/C75H50N4O2/c76-49-62(56-33-29-52(30-34-56)54-37-41-68(42-38-54)78(64-19-5-1-6-20-64)65-21-7-2-8-22-65)47-60-45-58-17-13-15-27-70(58)72-73-71-28-16-14-18-59(71)46-61(75(73)81-51-80-74(60)72)48-63(50-77)57-35-31-53(32-36-57)55-39-43-69(44-40-55)79(66-23-9-3-10-24-66)67-25-11-4-12-26-67/h1-48H,51H2/b62-47+,63-48+. The number of benzene rings is 12. The van der Waals surface area contributed by atoms with Crippen molar-refractivity contribution in [3.8, 4) is 57.0 Å². The average Bonchev–Trinajstić information content (AvgIpc) is 4.00. The van der Waals surface area contributed by atoms with Crippen LogP contribution in [0.15, 0.2) is 279 Å². The van der Waals surface area contributed by atoms with E-state index in [0.717, 1.165) is 111 Å². The first-order valence-electron chi connectivity index (χ1n) is 26.9. The van der Waals surface area contributed by atoms with E-state index in [4.69, 9.17) is 9.47 Å². The molecule has 0 spiro atoms. The van der Waals surface area contributed by atoms with E-state index in [1.807, 2.05) is 84.9 Å². The van der Waals surface area contributed by atoms with Crippen LogP contribution in [0.5, 0.6) is 11.5 Å². The van der Waals surface area contributed by atoms with Crippen LogP contribution in [-0.2, 0) is 0 Å². The van der Waals surface area contributed by atoms with Crippen LogP contribution in [-0.4, -0.2) is 6.79 Å². The first-order chi connectivity index (χ1) is 40.1. The van der Waals surface area contributed by atoms with Gasteiger partial charge >= 0.3 is 0 Å². The molecule has 81 heavy (non-hydrogen) atoms. The van der Waals surface area contributed by atoms with Crippen molar-refractivity contribution in [2.75, 3.05) is 16.6 Å². The van der Waals surface area contributed by atoms with E-state index in [2.05, 4.69) is 228 Å². The molecule has 0 bridgehead atoms. The number of para-hydroxylation sites is 4. The topological polar surface area (TPSA) is 72.5 Å². The Hall–Kier alpha value is -11.2. The molecule has 0 fully saturated rings. The summed E-state index contributed by atoms with van der Waals surface area (Å²) < 4.78 is 13.4. The van der Waals surface area contributed by atoms with Gasteiger partial charge in [-0.2, -0.15) is 10.5 Å². The van der Waals surface area contributed by atoms with Crippen LogP contribution in [0, 0.1) is 22.7 Å². The molecule has 0 saturated heterocycles. The molecule has 12 aromatic rings. The van der Waals surface area contributed by atoms with Gasteiger partial charge in [0.05, 0.1) is 23.3 Å². The maximum absolute atomic E-state index is 10.9. The van der Waals surface area contributed by atoms with Crippen molar-refractivity contribution in [1.82, 2.24) is 0 Å². The minimum Gasteiger partial charge on any atom is -0.456 e. The Balaban J connectivity index is 0.827. The molecule has 0 amide bonds. The van der Waals surface area contributed by atoms with Crippen molar-refractivity contribution >= 4 is 79.0 Å². The van der Waals surface area contributed by atoms with Crippen LogP contribution in [0.25, 0.3) is 78.2 Å². The van der Waals surface area contributed by atoms with Crippen molar-refractivity contribution in [2.45, 2.75) is 0 Å². The van der Waals surface area contributed by atoms with Gasteiger partial charge < -0.3 is 19.3 Å². The molecular formula is C75H50N4O2. The molecule has 13 rings (SSSR count). The SMILES string of the molecule is N#C/C(=C\c1cc2ccccc2c2c1OCOc1c(/C=C(\C#N)c3ccc(-c4ccc(N(c5ccccc5)c5ccccc5)cc4)cc3)cc3ccccc3c1-2)c1ccc(-c2ccc(N(c3ccccc3)c3ccccc3)cc2)cc1. The summed E-state index contributed by atoms with van der Waals surface area (Å²) in [5.41, 5.74) is 16.4. The van der Waals surface area contributed by atoms with Gasteiger partial charge in [0.2, 0.25) is 6.79 Å². The third kappa shape index (κ3) is 9.83. The zero-order valence-corrected chi connectivity index (χ0v) is 44.0. The Bertz CT molecular complexity index is 4030. The van der Waals surface area contributed by atoms with Crippen molar-refractivity contribution in [3.63, 3.8) is 0 Å². The van der Waals surface area contributed by atoms with Crippen LogP contribution in [0.1, 0.15) is 22.3 Å². The molecule has 382 valence electrons. The van der Waals surface area contributed by atoms with Crippen molar-refractivity contribution in [1.29, 1.82) is 10.5 Å². The summed E-state index contributed by atoms with van der Waals surface area (Å²) in [6.07, 6.45) is 3.84. The number of nitrogens with zero attached hydrogens (tertiary/aromatic N) is 4. The Morgan fingerprint density at radius 2 is 0.617 bits per heavy atom. The van der Waals surface area contributed by atoms with Gasteiger partial charge in [0, 0.05) is 56.4 Å². The summed E-state index contributed by atoms with van der Waals surface area (Å²) in [5, 5.41) is 25.6. The van der Waals surface area contributed by atoms with Crippen LogP contribution >= 0.6 is 0 Å². The lowest BCUT2D eigenvalue weighted by molar-refractivity contribution is 0.124. The number of allylic oxidation sites excluding steroid dienone is 2. The van der Waals surface area contributed by atoms with Crippen molar-refractivity contribution in [2.24, 2.45) is 0 Å². The molecule has 0 N–H and O–H groups in total. The summed E-state index contributed by atoms with van der Waals surface area (Å²) in [6.45, 7) is -0.0912. The first kappa shape index (κ1) is 49.4. The molecule has 1 aliphatic rings. The molecule has 12 aromatic carbocycles. The summed E-state index contributed by atoms with van der Waals surface area (Å²) in [4.78, 5) is 4.49. The molecule has 0 unspecified atom stereocenters. The highest BCUT2D eigenvalue weighted by molar-refractivity contribution is 6.13. The third-order valence-electron chi connectivity index (χ3n) is 14.9. The van der Waals surface area contributed by atoms with Crippen LogP contribution in [0.3, 0.4) is 0 Å². The van der Waals surface area contributed by atoms with E-state index in [1.165, 1.54) is 0 Å². The molecule has 1 heterocycles. The van der Waals surface area contributed by atoms with Gasteiger partial charge in [0.15, 0.2) is 0 Å². The Morgan fingerprint density at radius 3 is 0.938 bits per heavy atom. The fourth-order valence-corrected chi connectivity index (χ4v) is 11.0. The van der Waals surface area contributed by atoms with E-state index in [9.17, 15) is 10.5 Å². The number of ether oxygens (including phenoxy) is 2. The normalized spacial score (nSPS) is 12.0. The largest absolute Gasteiger partial charge is 0.456 e. The number of fused-ring (bicyclic) bond motifs is 7. The van der Waals surface area contributed by atoms with Gasteiger partial charge in [-0.15, -0.1) is 0 Å². The lowest BCUT2D eigenvalue weighted by Gasteiger charge is -2.25. The van der Waals surface area contributed by atoms with Gasteiger partial charge in [-0.25, -0.2) is 0 Å². The monoisotopic (exact) mass is 1040 g/mol. The minimum absolute atomic E-state index is 0.0912.